The Bertz CT molecular complexity index is 3440. The van der Waals surface area contributed by atoms with Crippen LogP contribution >= 0.6 is 0 Å². The van der Waals surface area contributed by atoms with Gasteiger partial charge in [-0.1, -0.05) is 140 Å². The summed E-state index contributed by atoms with van der Waals surface area (Å²) in [6.07, 6.45) is 0. The standard InChI is InChI=1S/C57H37N3O/c1-5-16-38(17-6-1)41-30-34-46-49(36-41)50-37-42(39-18-7-2-8-19-39)31-35-47(50)56-55(46)58-57(61-56)40-28-32-45(33-29-40)59(43-20-9-3-10-21-43)52-26-15-27-53-54(52)48-24-13-14-25-51(48)60(53)44-22-11-4-12-23-44/h1-37H. The molecule has 0 spiro atoms. The van der Waals surface area contributed by atoms with E-state index in [9.17, 15) is 0 Å². The summed E-state index contributed by atoms with van der Waals surface area (Å²) in [5, 5.41) is 6.79. The molecule has 0 radical (unpaired) electrons. The maximum absolute atomic E-state index is 6.83. The first-order chi connectivity index (χ1) is 30.3. The topological polar surface area (TPSA) is 34.2 Å². The number of rotatable bonds is 7. The number of nitrogens with zero attached hydrogens (tertiary/aromatic N) is 3. The summed E-state index contributed by atoms with van der Waals surface area (Å²) in [4.78, 5) is 7.62. The SMILES string of the molecule is c1ccc(-c2ccc3c(c2)c2cc(-c4ccccc4)ccc2c2oc(-c4ccc(N(c5ccccc5)c5cccc6c5c5ccccc5n6-c5ccccc5)cc4)nc32)cc1. The smallest absolute Gasteiger partial charge is 0.227 e. The molecular weight excluding hydrogens is 743 g/mol. The first-order valence-electron chi connectivity index (χ1n) is 20.7. The molecule has 12 aromatic rings. The lowest BCUT2D eigenvalue weighted by Crippen LogP contribution is -2.10. The van der Waals surface area contributed by atoms with Crippen LogP contribution in [0.15, 0.2) is 229 Å². The summed E-state index contributed by atoms with van der Waals surface area (Å²) in [6.45, 7) is 0. The highest BCUT2D eigenvalue weighted by Crippen LogP contribution is 2.45. The molecule has 4 nitrogen and oxygen atoms in total. The highest BCUT2D eigenvalue weighted by Gasteiger charge is 2.22. The highest BCUT2D eigenvalue weighted by atomic mass is 16.3. The molecule has 4 heteroatoms. The van der Waals surface area contributed by atoms with Crippen molar-refractivity contribution in [1.29, 1.82) is 0 Å². The molecule has 0 unspecified atom stereocenters. The van der Waals surface area contributed by atoms with Gasteiger partial charge in [-0.05, 0) is 118 Å². The van der Waals surface area contributed by atoms with Gasteiger partial charge in [0.2, 0.25) is 5.89 Å². The average molecular weight is 780 g/mol. The fourth-order valence-corrected chi connectivity index (χ4v) is 9.17. The van der Waals surface area contributed by atoms with Crippen molar-refractivity contribution >= 4 is 71.5 Å². The van der Waals surface area contributed by atoms with Crippen LogP contribution in [-0.4, -0.2) is 9.55 Å². The second-order valence-electron chi connectivity index (χ2n) is 15.5. The molecule has 0 bridgehead atoms. The van der Waals surface area contributed by atoms with E-state index in [1.807, 2.05) is 0 Å². The van der Waals surface area contributed by atoms with Crippen molar-refractivity contribution in [3.05, 3.63) is 224 Å². The van der Waals surface area contributed by atoms with E-state index in [1.54, 1.807) is 0 Å². The van der Waals surface area contributed by atoms with Crippen LogP contribution in [0.3, 0.4) is 0 Å². The number of oxazole rings is 1. The molecule has 12 rings (SSSR count). The quantitative estimate of drug-likeness (QED) is 0.151. The largest absolute Gasteiger partial charge is 0.435 e. The van der Waals surface area contributed by atoms with E-state index in [0.717, 1.165) is 72.0 Å². The van der Waals surface area contributed by atoms with E-state index >= 15 is 0 Å². The third kappa shape index (κ3) is 5.80. The van der Waals surface area contributed by atoms with Crippen LogP contribution < -0.4 is 4.90 Å². The predicted molar refractivity (Wildman–Crippen MR) is 254 cm³/mol. The molecule has 2 heterocycles. The molecule has 286 valence electrons. The third-order valence-electron chi connectivity index (χ3n) is 12.0. The van der Waals surface area contributed by atoms with Crippen molar-refractivity contribution in [3.63, 3.8) is 0 Å². The van der Waals surface area contributed by atoms with Crippen LogP contribution in [0.4, 0.5) is 17.1 Å². The minimum absolute atomic E-state index is 0.592. The van der Waals surface area contributed by atoms with Gasteiger partial charge in [-0.25, -0.2) is 4.98 Å². The number of para-hydroxylation sites is 3. The molecule has 10 aromatic carbocycles. The Balaban J connectivity index is 1.01. The fourth-order valence-electron chi connectivity index (χ4n) is 9.17. The Morgan fingerprint density at radius 3 is 1.61 bits per heavy atom. The lowest BCUT2D eigenvalue weighted by atomic mass is 9.94. The normalized spacial score (nSPS) is 11.6. The number of hydrogen-bond donors (Lipinski definition) is 0. The lowest BCUT2D eigenvalue weighted by molar-refractivity contribution is 0.623. The summed E-state index contributed by atoms with van der Waals surface area (Å²) >= 11 is 0. The summed E-state index contributed by atoms with van der Waals surface area (Å²) < 4.78 is 9.20. The van der Waals surface area contributed by atoms with Gasteiger partial charge in [-0.2, -0.15) is 0 Å². The molecule has 0 aliphatic rings. The second kappa shape index (κ2) is 14.3. The van der Waals surface area contributed by atoms with Crippen LogP contribution in [0.25, 0.3) is 93.8 Å². The Morgan fingerprint density at radius 2 is 0.918 bits per heavy atom. The molecule has 0 aliphatic heterocycles. The van der Waals surface area contributed by atoms with Gasteiger partial charge < -0.3 is 13.9 Å². The molecular formula is C57H37N3O. The number of hydrogen-bond acceptors (Lipinski definition) is 3. The predicted octanol–water partition coefficient (Wildman–Crippen LogP) is 15.7. The monoisotopic (exact) mass is 779 g/mol. The zero-order chi connectivity index (χ0) is 40.3. The van der Waals surface area contributed by atoms with Crippen molar-refractivity contribution in [2.24, 2.45) is 0 Å². The fraction of sp³-hybridized carbons (Fsp3) is 0. The minimum Gasteiger partial charge on any atom is -0.435 e. The maximum atomic E-state index is 6.83. The molecule has 0 atom stereocenters. The van der Waals surface area contributed by atoms with E-state index in [-0.39, 0.29) is 0 Å². The average Bonchev–Trinajstić information content (AvgIpc) is 3.94. The molecule has 0 saturated heterocycles. The van der Waals surface area contributed by atoms with Crippen LogP contribution in [0.1, 0.15) is 0 Å². The van der Waals surface area contributed by atoms with Crippen molar-refractivity contribution in [1.82, 2.24) is 9.55 Å². The van der Waals surface area contributed by atoms with Gasteiger partial charge in [0.05, 0.1) is 16.7 Å². The Hall–Kier alpha value is -8.21. The lowest BCUT2D eigenvalue weighted by Gasteiger charge is -2.26. The first kappa shape index (κ1) is 34.8. The van der Waals surface area contributed by atoms with E-state index in [0.29, 0.717) is 5.89 Å². The van der Waals surface area contributed by atoms with Crippen LogP contribution in [0.2, 0.25) is 0 Å². The van der Waals surface area contributed by atoms with Gasteiger partial charge in [0.15, 0.2) is 5.58 Å². The number of anilines is 3. The summed E-state index contributed by atoms with van der Waals surface area (Å²) in [5.41, 5.74) is 13.9. The van der Waals surface area contributed by atoms with E-state index < -0.39 is 0 Å². The second-order valence-corrected chi connectivity index (χ2v) is 15.5. The van der Waals surface area contributed by atoms with Crippen LogP contribution in [0, 0.1) is 0 Å². The van der Waals surface area contributed by atoms with E-state index in [1.165, 1.54) is 33.0 Å². The van der Waals surface area contributed by atoms with Crippen molar-refractivity contribution in [2.45, 2.75) is 0 Å². The zero-order valence-electron chi connectivity index (χ0n) is 33.1. The number of fused-ring (bicyclic) bond motifs is 9. The summed E-state index contributed by atoms with van der Waals surface area (Å²) in [7, 11) is 0. The Kier molecular flexibility index (Phi) is 8.13. The molecule has 61 heavy (non-hydrogen) atoms. The van der Waals surface area contributed by atoms with Gasteiger partial charge in [0.1, 0.15) is 5.52 Å². The van der Waals surface area contributed by atoms with Crippen molar-refractivity contribution < 1.29 is 4.42 Å². The Labute approximate surface area is 352 Å². The van der Waals surface area contributed by atoms with Gasteiger partial charge in [-0.3, -0.25) is 0 Å². The van der Waals surface area contributed by atoms with E-state index in [2.05, 4.69) is 234 Å². The highest BCUT2D eigenvalue weighted by molar-refractivity contribution is 6.24. The minimum atomic E-state index is 0.592. The zero-order valence-corrected chi connectivity index (χ0v) is 33.1. The Morgan fingerprint density at radius 1 is 0.377 bits per heavy atom. The van der Waals surface area contributed by atoms with Gasteiger partial charge in [-0.15, -0.1) is 0 Å². The number of aromatic nitrogens is 2. The molecule has 0 N–H and O–H groups in total. The van der Waals surface area contributed by atoms with Gasteiger partial charge in [0, 0.05) is 44.2 Å². The summed E-state index contributed by atoms with van der Waals surface area (Å²) in [6, 6.07) is 79.7. The first-order valence-corrected chi connectivity index (χ1v) is 20.7. The van der Waals surface area contributed by atoms with Crippen LogP contribution in [-0.2, 0) is 0 Å². The maximum Gasteiger partial charge on any atom is 0.227 e. The summed E-state index contributed by atoms with van der Waals surface area (Å²) in [5.74, 6) is 0.592. The molecule has 0 fully saturated rings. The molecule has 0 saturated carbocycles. The molecule has 0 aliphatic carbocycles. The van der Waals surface area contributed by atoms with Crippen LogP contribution in [0.5, 0.6) is 0 Å². The molecule has 2 aromatic heterocycles. The van der Waals surface area contributed by atoms with Gasteiger partial charge >= 0.3 is 0 Å². The number of benzene rings is 10. The molecule has 0 amide bonds. The van der Waals surface area contributed by atoms with E-state index in [4.69, 9.17) is 9.40 Å². The van der Waals surface area contributed by atoms with Crippen molar-refractivity contribution in [2.75, 3.05) is 4.90 Å². The van der Waals surface area contributed by atoms with Gasteiger partial charge in [0.25, 0.3) is 0 Å². The third-order valence-corrected chi connectivity index (χ3v) is 12.0. The van der Waals surface area contributed by atoms with Crippen molar-refractivity contribution in [3.8, 4) is 39.4 Å².